The Bertz CT molecular complexity index is 568. The van der Waals surface area contributed by atoms with E-state index in [1.54, 1.807) is 12.3 Å². The van der Waals surface area contributed by atoms with Crippen LogP contribution < -0.4 is 4.72 Å². The molecule has 1 aliphatic carbocycles. The lowest BCUT2D eigenvalue weighted by molar-refractivity contribution is 0.133. The highest BCUT2D eigenvalue weighted by Gasteiger charge is 2.36. The minimum atomic E-state index is -3.49. The molecule has 0 atom stereocenters. The molecule has 0 saturated heterocycles. The van der Waals surface area contributed by atoms with Crippen LogP contribution in [0.2, 0.25) is 0 Å². The Kier molecular flexibility index (Phi) is 5.11. The molecule has 2 N–H and O–H groups in total. The molecular weight excluding hydrogens is 288 g/mol. The fourth-order valence-electron chi connectivity index (χ4n) is 2.92. The largest absolute Gasteiger partial charge is 0.390 e. The van der Waals surface area contributed by atoms with Crippen LogP contribution in [0.3, 0.4) is 0 Å². The van der Waals surface area contributed by atoms with Gasteiger partial charge >= 0.3 is 0 Å². The van der Waals surface area contributed by atoms with Crippen molar-refractivity contribution in [3.8, 4) is 0 Å². The molecule has 5 nitrogen and oxygen atoms in total. The van der Waals surface area contributed by atoms with E-state index in [0.717, 1.165) is 25.7 Å². The molecule has 1 aliphatic rings. The second-order valence-electron chi connectivity index (χ2n) is 6.05. The van der Waals surface area contributed by atoms with E-state index in [9.17, 15) is 13.5 Å². The monoisotopic (exact) mass is 314 g/mol. The van der Waals surface area contributed by atoms with Gasteiger partial charge in [0.15, 0.2) is 0 Å². The molecule has 0 spiro atoms. The third-order valence-corrected chi connectivity index (χ3v) is 6.07. The molecule has 0 aliphatic heterocycles. The van der Waals surface area contributed by atoms with E-state index >= 15 is 0 Å². The zero-order chi connectivity index (χ0) is 15.5. The first-order valence-corrected chi connectivity index (χ1v) is 9.24. The summed E-state index contributed by atoms with van der Waals surface area (Å²) >= 11 is 0. The smallest absolute Gasteiger partial charge is 0.242 e. The zero-order valence-corrected chi connectivity index (χ0v) is 13.7. The second kappa shape index (κ2) is 6.50. The SMILES string of the molecule is CCCn1cc(S(=O)(=O)NCC2(CC)CCC2)cc1CO. The number of aliphatic hydroxyl groups excluding tert-OH is 1. The van der Waals surface area contributed by atoms with Crippen LogP contribution in [0.25, 0.3) is 0 Å². The summed E-state index contributed by atoms with van der Waals surface area (Å²) in [5.41, 5.74) is 0.796. The van der Waals surface area contributed by atoms with Gasteiger partial charge in [0.2, 0.25) is 10.0 Å². The number of rotatable bonds is 8. The normalized spacial score (nSPS) is 17.7. The second-order valence-corrected chi connectivity index (χ2v) is 7.82. The average molecular weight is 314 g/mol. The Morgan fingerprint density at radius 2 is 2.10 bits per heavy atom. The number of hydrogen-bond acceptors (Lipinski definition) is 3. The van der Waals surface area contributed by atoms with E-state index in [4.69, 9.17) is 0 Å². The molecule has 1 aromatic rings. The van der Waals surface area contributed by atoms with Gasteiger partial charge in [-0.2, -0.15) is 0 Å². The molecule has 21 heavy (non-hydrogen) atoms. The highest BCUT2D eigenvalue weighted by molar-refractivity contribution is 7.89. The lowest BCUT2D eigenvalue weighted by atomic mass is 9.67. The number of sulfonamides is 1. The van der Waals surface area contributed by atoms with Crippen molar-refractivity contribution in [3.63, 3.8) is 0 Å². The predicted molar refractivity (Wildman–Crippen MR) is 82.4 cm³/mol. The van der Waals surface area contributed by atoms with E-state index < -0.39 is 10.0 Å². The maximum absolute atomic E-state index is 12.4. The van der Waals surface area contributed by atoms with Gasteiger partial charge < -0.3 is 9.67 Å². The Labute approximate surface area is 127 Å². The number of nitrogens with zero attached hydrogens (tertiary/aromatic N) is 1. The molecule has 0 radical (unpaired) electrons. The van der Waals surface area contributed by atoms with Crippen molar-refractivity contribution in [1.29, 1.82) is 0 Å². The standard InChI is InChI=1S/C15H26N2O3S/c1-3-8-17-10-14(9-13(17)11-18)21(19,20)16-12-15(4-2)6-5-7-15/h9-10,16,18H,3-8,11-12H2,1-2H3. The van der Waals surface area contributed by atoms with Crippen LogP contribution in [0, 0.1) is 5.41 Å². The van der Waals surface area contributed by atoms with Gasteiger partial charge in [0.1, 0.15) is 0 Å². The highest BCUT2D eigenvalue weighted by atomic mass is 32.2. The Hall–Kier alpha value is -0.850. The number of hydrogen-bond donors (Lipinski definition) is 2. The summed E-state index contributed by atoms with van der Waals surface area (Å²) in [7, 11) is -3.49. The lowest BCUT2D eigenvalue weighted by Gasteiger charge is -2.41. The van der Waals surface area contributed by atoms with Gasteiger partial charge in [0, 0.05) is 25.0 Å². The molecule has 0 bridgehead atoms. The maximum Gasteiger partial charge on any atom is 0.242 e. The van der Waals surface area contributed by atoms with E-state index in [1.807, 2.05) is 11.5 Å². The summed E-state index contributed by atoms with van der Waals surface area (Å²) in [6.07, 6.45) is 6.92. The van der Waals surface area contributed by atoms with Crippen molar-refractivity contribution in [3.05, 3.63) is 18.0 Å². The predicted octanol–water partition coefficient (Wildman–Crippen LogP) is 2.25. The quantitative estimate of drug-likeness (QED) is 0.773. The summed E-state index contributed by atoms with van der Waals surface area (Å²) < 4.78 is 29.4. The van der Waals surface area contributed by atoms with Gasteiger partial charge in [0.25, 0.3) is 0 Å². The molecule has 120 valence electrons. The van der Waals surface area contributed by atoms with Gasteiger partial charge in [-0.05, 0) is 37.2 Å². The zero-order valence-electron chi connectivity index (χ0n) is 12.9. The molecule has 1 aromatic heterocycles. The van der Waals surface area contributed by atoms with Gasteiger partial charge in [-0.25, -0.2) is 13.1 Å². The lowest BCUT2D eigenvalue weighted by Crippen LogP contribution is -2.41. The third-order valence-electron chi connectivity index (χ3n) is 4.70. The van der Waals surface area contributed by atoms with Crippen LogP contribution in [0.5, 0.6) is 0 Å². The molecule has 1 heterocycles. The van der Waals surface area contributed by atoms with Crippen molar-refractivity contribution in [2.75, 3.05) is 6.54 Å². The fourth-order valence-corrected chi connectivity index (χ4v) is 4.14. The summed E-state index contributed by atoms with van der Waals surface area (Å²) in [4.78, 5) is 0.255. The summed E-state index contributed by atoms with van der Waals surface area (Å²) in [5.74, 6) is 0. The molecular formula is C15H26N2O3S. The van der Waals surface area contributed by atoms with Crippen molar-refractivity contribution in [2.24, 2.45) is 5.41 Å². The topological polar surface area (TPSA) is 71.3 Å². The van der Waals surface area contributed by atoms with Crippen LogP contribution in [0.15, 0.2) is 17.2 Å². The van der Waals surface area contributed by atoms with Crippen molar-refractivity contribution in [1.82, 2.24) is 9.29 Å². The van der Waals surface area contributed by atoms with E-state index in [1.165, 1.54) is 6.42 Å². The van der Waals surface area contributed by atoms with Crippen molar-refractivity contribution >= 4 is 10.0 Å². The highest BCUT2D eigenvalue weighted by Crippen LogP contribution is 2.43. The van der Waals surface area contributed by atoms with Crippen LogP contribution in [0.1, 0.15) is 51.6 Å². The van der Waals surface area contributed by atoms with Crippen molar-refractivity contribution < 1.29 is 13.5 Å². The molecule has 0 aromatic carbocycles. The minimum Gasteiger partial charge on any atom is -0.390 e. The molecule has 1 saturated carbocycles. The number of aliphatic hydroxyl groups is 1. The van der Waals surface area contributed by atoms with Gasteiger partial charge in [-0.3, -0.25) is 0 Å². The van der Waals surface area contributed by atoms with E-state index in [0.29, 0.717) is 18.8 Å². The Balaban J connectivity index is 2.12. The van der Waals surface area contributed by atoms with E-state index in [-0.39, 0.29) is 16.9 Å². The van der Waals surface area contributed by atoms with Crippen molar-refractivity contribution in [2.45, 2.75) is 64.0 Å². The maximum atomic E-state index is 12.4. The molecule has 0 amide bonds. The summed E-state index contributed by atoms with van der Waals surface area (Å²) in [6, 6.07) is 1.57. The fraction of sp³-hybridized carbons (Fsp3) is 0.733. The summed E-state index contributed by atoms with van der Waals surface area (Å²) in [6.45, 7) is 5.22. The van der Waals surface area contributed by atoms with Gasteiger partial charge in [-0.1, -0.05) is 20.3 Å². The van der Waals surface area contributed by atoms with Crippen LogP contribution in [-0.2, 0) is 23.2 Å². The number of nitrogens with one attached hydrogen (secondary N) is 1. The Morgan fingerprint density at radius 1 is 1.38 bits per heavy atom. The number of aromatic nitrogens is 1. The molecule has 0 unspecified atom stereocenters. The molecule has 2 rings (SSSR count). The van der Waals surface area contributed by atoms with E-state index in [2.05, 4.69) is 11.6 Å². The van der Waals surface area contributed by atoms with Crippen LogP contribution in [-0.4, -0.2) is 24.6 Å². The first-order chi connectivity index (χ1) is 9.96. The first-order valence-electron chi connectivity index (χ1n) is 7.76. The number of aryl methyl sites for hydroxylation is 1. The average Bonchev–Trinajstić information content (AvgIpc) is 2.82. The molecule has 1 fully saturated rings. The third kappa shape index (κ3) is 3.49. The Morgan fingerprint density at radius 3 is 2.57 bits per heavy atom. The van der Waals surface area contributed by atoms with Crippen LogP contribution >= 0.6 is 0 Å². The first kappa shape index (κ1) is 16.5. The van der Waals surface area contributed by atoms with Gasteiger partial charge in [-0.15, -0.1) is 0 Å². The van der Waals surface area contributed by atoms with Crippen LogP contribution in [0.4, 0.5) is 0 Å². The molecule has 6 heteroatoms. The van der Waals surface area contributed by atoms with Gasteiger partial charge in [0.05, 0.1) is 11.5 Å². The minimum absolute atomic E-state index is 0.144. The summed E-state index contributed by atoms with van der Waals surface area (Å²) in [5, 5.41) is 9.33.